The summed E-state index contributed by atoms with van der Waals surface area (Å²) in [4.78, 5) is 14.4. The number of hydrogen-bond donors (Lipinski definition) is 0. The second-order valence-corrected chi connectivity index (χ2v) is 6.05. The molecule has 0 bridgehead atoms. The zero-order valence-corrected chi connectivity index (χ0v) is 16.2. The van der Waals surface area contributed by atoms with Crippen molar-refractivity contribution in [3.63, 3.8) is 0 Å². The van der Waals surface area contributed by atoms with E-state index in [9.17, 15) is 4.79 Å². The summed E-state index contributed by atoms with van der Waals surface area (Å²) in [6.07, 6.45) is 8.37. The van der Waals surface area contributed by atoms with Gasteiger partial charge in [0.15, 0.2) is 11.5 Å². The van der Waals surface area contributed by atoms with E-state index in [0.717, 1.165) is 17.5 Å². The van der Waals surface area contributed by atoms with Gasteiger partial charge in [-0.1, -0.05) is 55.5 Å². The molecule has 4 nitrogen and oxygen atoms in total. The van der Waals surface area contributed by atoms with Gasteiger partial charge in [0.05, 0.1) is 14.2 Å². The van der Waals surface area contributed by atoms with E-state index in [4.69, 9.17) is 9.47 Å². The summed E-state index contributed by atoms with van der Waals surface area (Å²) in [7, 11) is 3.20. The average Bonchev–Trinajstić information content (AvgIpc) is 2.71. The van der Waals surface area contributed by atoms with Crippen LogP contribution in [0.25, 0.3) is 12.2 Å². The molecule has 0 saturated heterocycles. The van der Waals surface area contributed by atoms with Crippen molar-refractivity contribution in [2.45, 2.75) is 13.3 Å². The Bertz CT molecular complexity index is 781. The van der Waals surface area contributed by atoms with Crippen LogP contribution in [0.4, 0.5) is 0 Å². The minimum absolute atomic E-state index is 0.00986. The van der Waals surface area contributed by atoms with Crippen LogP contribution < -0.4 is 9.47 Å². The van der Waals surface area contributed by atoms with E-state index >= 15 is 0 Å². The largest absolute Gasteiger partial charge is 0.493 e. The summed E-state index contributed by atoms with van der Waals surface area (Å²) < 4.78 is 10.5. The lowest BCUT2D eigenvalue weighted by Gasteiger charge is -2.18. The van der Waals surface area contributed by atoms with Crippen molar-refractivity contribution in [3.8, 4) is 11.5 Å². The van der Waals surface area contributed by atoms with E-state index in [1.54, 1.807) is 26.4 Å². The lowest BCUT2D eigenvalue weighted by atomic mass is 10.2. The monoisotopic (exact) mass is 365 g/mol. The van der Waals surface area contributed by atoms with Crippen molar-refractivity contribution in [1.82, 2.24) is 4.90 Å². The molecule has 0 saturated carbocycles. The van der Waals surface area contributed by atoms with Gasteiger partial charge >= 0.3 is 0 Å². The molecule has 142 valence electrons. The quantitative estimate of drug-likeness (QED) is 0.606. The third-order valence-electron chi connectivity index (χ3n) is 4.07. The fourth-order valence-corrected chi connectivity index (χ4v) is 2.67. The topological polar surface area (TPSA) is 38.8 Å². The first kappa shape index (κ1) is 20.3. The SMILES string of the molecule is CCCN(C/C=C/c1ccccc1)C(=O)/C=C/c1ccc(OC)c(OC)c1. The smallest absolute Gasteiger partial charge is 0.246 e. The van der Waals surface area contributed by atoms with Gasteiger partial charge in [-0.25, -0.2) is 0 Å². The Kier molecular flexibility index (Phi) is 8.17. The van der Waals surface area contributed by atoms with Gasteiger partial charge < -0.3 is 14.4 Å². The molecule has 2 rings (SSSR count). The molecular weight excluding hydrogens is 338 g/mol. The number of carbonyl (C=O) groups excluding carboxylic acids is 1. The number of rotatable bonds is 9. The number of carbonyl (C=O) groups is 1. The second kappa shape index (κ2) is 10.9. The number of benzene rings is 2. The average molecular weight is 365 g/mol. The number of ether oxygens (including phenoxy) is 2. The zero-order chi connectivity index (χ0) is 19.5. The predicted octanol–water partition coefficient (Wildman–Crippen LogP) is 4.67. The van der Waals surface area contributed by atoms with Crippen LogP contribution in [-0.4, -0.2) is 38.1 Å². The molecule has 0 aliphatic heterocycles. The molecule has 0 aliphatic carbocycles. The standard InChI is InChI=1S/C23H27NO3/c1-4-16-24(17-8-11-19-9-6-5-7-10-19)23(25)15-13-20-12-14-21(26-2)22(18-20)27-3/h5-15,18H,4,16-17H2,1-3H3/b11-8+,15-13+. The molecule has 1 amide bonds. The van der Waals surface area contributed by atoms with Gasteiger partial charge in [-0.2, -0.15) is 0 Å². The van der Waals surface area contributed by atoms with Crippen LogP contribution in [0.3, 0.4) is 0 Å². The Labute approximate surface area is 161 Å². The fraction of sp³-hybridized carbons (Fsp3) is 0.261. The molecule has 0 spiro atoms. The van der Waals surface area contributed by atoms with Crippen LogP contribution in [0.5, 0.6) is 11.5 Å². The Hall–Kier alpha value is -3.01. The van der Waals surface area contributed by atoms with Crippen molar-refractivity contribution < 1.29 is 14.3 Å². The van der Waals surface area contributed by atoms with E-state index < -0.39 is 0 Å². The molecule has 0 atom stereocenters. The van der Waals surface area contributed by atoms with E-state index in [2.05, 4.69) is 6.92 Å². The molecule has 0 heterocycles. The molecule has 27 heavy (non-hydrogen) atoms. The summed E-state index contributed by atoms with van der Waals surface area (Å²) in [5.41, 5.74) is 2.01. The first-order valence-electron chi connectivity index (χ1n) is 9.08. The predicted molar refractivity (Wildman–Crippen MR) is 111 cm³/mol. The highest BCUT2D eigenvalue weighted by Crippen LogP contribution is 2.27. The highest BCUT2D eigenvalue weighted by molar-refractivity contribution is 5.92. The molecule has 2 aromatic carbocycles. The summed E-state index contributed by atoms with van der Waals surface area (Å²) in [5.74, 6) is 1.30. The summed E-state index contributed by atoms with van der Waals surface area (Å²) >= 11 is 0. The van der Waals surface area contributed by atoms with E-state index in [-0.39, 0.29) is 5.91 Å². The van der Waals surface area contributed by atoms with Crippen LogP contribution in [0.1, 0.15) is 24.5 Å². The number of hydrogen-bond acceptors (Lipinski definition) is 3. The normalized spacial score (nSPS) is 11.1. The lowest BCUT2D eigenvalue weighted by Crippen LogP contribution is -2.30. The Morgan fingerprint density at radius 1 is 0.963 bits per heavy atom. The third kappa shape index (κ3) is 6.33. The van der Waals surface area contributed by atoms with Gasteiger partial charge in [-0.15, -0.1) is 0 Å². The highest BCUT2D eigenvalue weighted by Gasteiger charge is 2.08. The molecule has 0 unspecified atom stereocenters. The van der Waals surface area contributed by atoms with Gasteiger partial charge in [0, 0.05) is 19.2 Å². The molecule has 0 radical (unpaired) electrons. The highest BCUT2D eigenvalue weighted by atomic mass is 16.5. The molecule has 0 aromatic heterocycles. The van der Waals surface area contributed by atoms with Crippen molar-refractivity contribution >= 4 is 18.1 Å². The lowest BCUT2D eigenvalue weighted by molar-refractivity contribution is -0.125. The van der Waals surface area contributed by atoms with Crippen molar-refractivity contribution in [1.29, 1.82) is 0 Å². The summed E-state index contributed by atoms with van der Waals surface area (Å²) in [6, 6.07) is 15.6. The molecular formula is C23H27NO3. The molecule has 4 heteroatoms. The van der Waals surface area contributed by atoms with Crippen LogP contribution in [0.15, 0.2) is 60.7 Å². The van der Waals surface area contributed by atoms with Crippen molar-refractivity contribution in [2.24, 2.45) is 0 Å². The van der Waals surface area contributed by atoms with Crippen molar-refractivity contribution in [2.75, 3.05) is 27.3 Å². The van der Waals surface area contributed by atoms with E-state index in [0.29, 0.717) is 24.6 Å². The number of nitrogens with zero attached hydrogens (tertiary/aromatic N) is 1. The van der Waals surface area contributed by atoms with Gasteiger partial charge in [0.25, 0.3) is 0 Å². The number of amides is 1. The molecule has 0 N–H and O–H groups in total. The van der Waals surface area contributed by atoms with Crippen LogP contribution >= 0.6 is 0 Å². The first-order valence-corrected chi connectivity index (χ1v) is 9.08. The Morgan fingerprint density at radius 2 is 1.70 bits per heavy atom. The van der Waals surface area contributed by atoms with Gasteiger partial charge in [-0.05, 0) is 35.8 Å². The maximum atomic E-state index is 12.6. The first-order chi connectivity index (χ1) is 13.2. The third-order valence-corrected chi connectivity index (χ3v) is 4.07. The zero-order valence-electron chi connectivity index (χ0n) is 16.2. The molecule has 0 aliphatic rings. The van der Waals surface area contributed by atoms with Crippen LogP contribution in [-0.2, 0) is 4.79 Å². The van der Waals surface area contributed by atoms with Gasteiger partial charge in [0.2, 0.25) is 5.91 Å². The van der Waals surface area contributed by atoms with E-state index in [1.165, 1.54) is 0 Å². The Morgan fingerprint density at radius 3 is 2.37 bits per heavy atom. The summed E-state index contributed by atoms with van der Waals surface area (Å²) in [6.45, 7) is 3.37. The maximum absolute atomic E-state index is 12.6. The minimum Gasteiger partial charge on any atom is -0.493 e. The van der Waals surface area contributed by atoms with Crippen LogP contribution in [0, 0.1) is 0 Å². The maximum Gasteiger partial charge on any atom is 0.246 e. The van der Waals surface area contributed by atoms with Crippen molar-refractivity contribution in [3.05, 3.63) is 71.8 Å². The van der Waals surface area contributed by atoms with Crippen LogP contribution in [0.2, 0.25) is 0 Å². The number of methoxy groups -OCH3 is 2. The van der Waals surface area contributed by atoms with E-state index in [1.807, 2.05) is 65.6 Å². The molecule has 0 fully saturated rings. The molecule has 2 aromatic rings. The minimum atomic E-state index is -0.00986. The van der Waals surface area contributed by atoms with Gasteiger partial charge in [0.1, 0.15) is 0 Å². The summed E-state index contributed by atoms with van der Waals surface area (Å²) in [5, 5.41) is 0. The fourth-order valence-electron chi connectivity index (χ4n) is 2.67. The van der Waals surface area contributed by atoms with Gasteiger partial charge in [-0.3, -0.25) is 4.79 Å². The second-order valence-electron chi connectivity index (χ2n) is 6.05. The Balaban J connectivity index is 2.03.